The molecule has 74 valence electrons. The van der Waals surface area contributed by atoms with E-state index in [2.05, 4.69) is 22.1 Å². The Morgan fingerprint density at radius 3 is 2.93 bits per heavy atom. The van der Waals surface area contributed by atoms with Gasteiger partial charge in [0.2, 0.25) is 0 Å². The van der Waals surface area contributed by atoms with Gasteiger partial charge in [-0.1, -0.05) is 0 Å². The summed E-state index contributed by atoms with van der Waals surface area (Å²) in [6.45, 7) is 4.55. The average molecular weight is 189 g/mol. The predicted octanol–water partition coefficient (Wildman–Crippen LogP) is 1.80. The molecule has 0 aliphatic heterocycles. The number of hydrogen-bond acceptors (Lipinski definition) is 3. The minimum atomic E-state index is 0.726. The van der Waals surface area contributed by atoms with Crippen molar-refractivity contribution in [2.45, 2.75) is 20.3 Å². The van der Waals surface area contributed by atoms with Gasteiger partial charge in [-0.05, 0) is 26.0 Å². The Labute approximate surface area is 84.7 Å². The second-order valence-electron chi connectivity index (χ2n) is 2.97. The van der Waals surface area contributed by atoms with Gasteiger partial charge in [-0.15, -0.1) is 11.8 Å². The van der Waals surface area contributed by atoms with Crippen molar-refractivity contribution in [2.75, 3.05) is 17.6 Å². The third-order valence-corrected chi connectivity index (χ3v) is 1.86. The highest BCUT2D eigenvalue weighted by Gasteiger charge is 1.96. The fraction of sp³-hybridized carbons (Fsp3) is 0.364. The van der Waals surface area contributed by atoms with Crippen molar-refractivity contribution in [3.8, 4) is 11.8 Å². The van der Waals surface area contributed by atoms with E-state index in [1.54, 1.807) is 0 Å². The molecule has 3 nitrogen and oxygen atoms in total. The number of nitrogens with zero attached hydrogens (tertiary/aromatic N) is 1. The Morgan fingerprint density at radius 2 is 2.29 bits per heavy atom. The van der Waals surface area contributed by atoms with Crippen molar-refractivity contribution in [3.05, 3.63) is 17.8 Å². The molecule has 0 amide bonds. The van der Waals surface area contributed by atoms with E-state index in [9.17, 15) is 0 Å². The van der Waals surface area contributed by atoms with Crippen LogP contribution in [0.3, 0.4) is 0 Å². The first-order valence-corrected chi connectivity index (χ1v) is 4.60. The molecule has 1 aromatic heterocycles. The van der Waals surface area contributed by atoms with Gasteiger partial charge in [0.25, 0.3) is 0 Å². The number of aromatic nitrogens is 1. The molecular formula is C11H15N3. The summed E-state index contributed by atoms with van der Waals surface area (Å²) in [5, 5.41) is 3.18. The summed E-state index contributed by atoms with van der Waals surface area (Å²) in [5.74, 6) is 6.68. The van der Waals surface area contributed by atoms with Crippen LogP contribution in [0.2, 0.25) is 0 Å². The number of nitrogen functional groups attached to an aromatic ring is 1. The number of anilines is 2. The van der Waals surface area contributed by atoms with E-state index in [4.69, 9.17) is 5.73 Å². The van der Waals surface area contributed by atoms with Crippen molar-refractivity contribution < 1.29 is 0 Å². The maximum Gasteiger partial charge on any atom is 0.126 e. The molecule has 0 aromatic carbocycles. The van der Waals surface area contributed by atoms with E-state index in [-0.39, 0.29) is 0 Å². The largest absolute Gasteiger partial charge is 0.397 e. The number of nitrogens with two attached hydrogens (primary N) is 1. The van der Waals surface area contributed by atoms with Crippen LogP contribution >= 0.6 is 0 Å². The number of pyridine rings is 1. The SMILES string of the molecule is CC#CCCNc1ccc(N)c(C)n1. The molecule has 0 fully saturated rings. The fourth-order valence-corrected chi connectivity index (χ4v) is 1.05. The molecule has 3 N–H and O–H groups in total. The van der Waals surface area contributed by atoms with E-state index in [0.29, 0.717) is 0 Å². The predicted molar refractivity (Wildman–Crippen MR) is 59.9 cm³/mol. The van der Waals surface area contributed by atoms with E-state index in [1.807, 2.05) is 26.0 Å². The van der Waals surface area contributed by atoms with Gasteiger partial charge in [0.05, 0.1) is 11.4 Å². The van der Waals surface area contributed by atoms with E-state index in [1.165, 1.54) is 0 Å². The number of rotatable bonds is 3. The Balaban J connectivity index is 2.50. The molecule has 0 spiro atoms. The first-order valence-electron chi connectivity index (χ1n) is 4.60. The van der Waals surface area contributed by atoms with Crippen LogP contribution in [0, 0.1) is 18.8 Å². The van der Waals surface area contributed by atoms with Crippen LogP contribution in [0.1, 0.15) is 19.0 Å². The standard InChI is InChI=1S/C11H15N3/c1-3-4-5-8-13-11-7-6-10(12)9(2)14-11/h6-7H,5,8,12H2,1-2H3,(H,13,14). The maximum atomic E-state index is 5.65. The monoisotopic (exact) mass is 189 g/mol. The average Bonchev–Trinajstić information content (AvgIpc) is 2.18. The quantitative estimate of drug-likeness (QED) is 0.563. The van der Waals surface area contributed by atoms with Gasteiger partial charge < -0.3 is 11.1 Å². The fourth-order valence-electron chi connectivity index (χ4n) is 1.05. The zero-order valence-electron chi connectivity index (χ0n) is 8.59. The Hall–Kier alpha value is -1.69. The third-order valence-electron chi connectivity index (χ3n) is 1.86. The van der Waals surface area contributed by atoms with Gasteiger partial charge in [0, 0.05) is 13.0 Å². The second-order valence-corrected chi connectivity index (χ2v) is 2.97. The first kappa shape index (κ1) is 10.4. The molecule has 3 heteroatoms. The lowest BCUT2D eigenvalue weighted by molar-refractivity contribution is 1.06. The first-order chi connectivity index (χ1) is 6.74. The summed E-state index contributed by atoms with van der Waals surface area (Å²) in [6.07, 6.45) is 0.835. The molecule has 0 radical (unpaired) electrons. The van der Waals surface area contributed by atoms with E-state index < -0.39 is 0 Å². The van der Waals surface area contributed by atoms with Gasteiger partial charge in [-0.25, -0.2) is 4.98 Å². The van der Waals surface area contributed by atoms with Gasteiger partial charge in [0.15, 0.2) is 0 Å². The van der Waals surface area contributed by atoms with Crippen molar-refractivity contribution >= 4 is 11.5 Å². The van der Waals surface area contributed by atoms with Crippen LogP contribution in [0.4, 0.5) is 11.5 Å². The molecule has 0 unspecified atom stereocenters. The molecule has 0 saturated carbocycles. The van der Waals surface area contributed by atoms with Gasteiger partial charge in [-0.3, -0.25) is 0 Å². The summed E-state index contributed by atoms with van der Waals surface area (Å²) in [7, 11) is 0. The van der Waals surface area contributed by atoms with Crippen molar-refractivity contribution in [3.63, 3.8) is 0 Å². The number of nitrogens with one attached hydrogen (secondary N) is 1. The van der Waals surface area contributed by atoms with Crippen LogP contribution in [0.15, 0.2) is 12.1 Å². The van der Waals surface area contributed by atoms with Crippen molar-refractivity contribution in [2.24, 2.45) is 0 Å². The van der Waals surface area contributed by atoms with E-state index in [0.717, 1.165) is 30.2 Å². The number of aryl methyl sites for hydroxylation is 1. The lowest BCUT2D eigenvalue weighted by Gasteiger charge is -2.05. The van der Waals surface area contributed by atoms with Crippen LogP contribution in [-0.4, -0.2) is 11.5 Å². The molecule has 0 bridgehead atoms. The minimum absolute atomic E-state index is 0.726. The van der Waals surface area contributed by atoms with Crippen LogP contribution < -0.4 is 11.1 Å². The molecule has 1 heterocycles. The van der Waals surface area contributed by atoms with E-state index >= 15 is 0 Å². The zero-order chi connectivity index (χ0) is 10.4. The zero-order valence-corrected chi connectivity index (χ0v) is 8.59. The van der Waals surface area contributed by atoms with Gasteiger partial charge >= 0.3 is 0 Å². The van der Waals surface area contributed by atoms with Crippen molar-refractivity contribution in [1.29, 1.82) is 0 Å². The van der Waals surface area contributed by atoms with Crippen LogP contribution in [0.5, 0.6) is 0 Å². The summed E-state index contributed by atoms with van der Waals surface area (Å²) in [6, 6.07) is 3.73. The van der Waals surface area contributed by atoms with Crippen molar-refractivity contribution in [1.82, 2.24) is 4.98 Å². The molecule has 0 aliphatic rings. The summed E-state index contributed by atoms with van der Waals surface area (Å²) in [5.41, 5.74) is 7.24. The smallest absolute Gasteiger partial charge is 0.126 e. The molecule has 0 saturated heterocycles. The highest BCUT2D eigenvalue weighted by atomic mass is 15.0. The summed E-state index contributed by atoms with van der Waals surface area (Å²) >= 11 is 0. The normalized spacial score (nSPS) is 9.00. The maximum absolute atomic E-state index is 5.65. The summed E-state index contributed by atoms with van der Waals surface area (Å²) in [4.78, 5) is 4.29. The lowest BCUT2D eigenvalue weighted by atomic mass is 10.3. The topological polar surface area (TPSA) is 50.9 Å². The number of hydrogen-bond donors (Lipinski definition) is 2. The molecule has 0 aliphatic carbocycles. The van der Waals surface area contributed by atoms with Gasteiger partial charge in [-0.2, -0.15) is 0 Å². The minimum Gasteiger partial charge on any atom is -0.397 e. The molecule has 14 heavy (non-hydrogen) atoms. The van der Waals surface area contributed by atoms with Crippen LogP contribution in [0.25, 0.3) is 0 Å². The second kappa shape index (κ2) is 5.13. The Kier molecular flexibility index (Phi) is 3.81. The molecule has 1 aromatic rings. The van der Waals surface area contributed by atoms with Gasteiger partial charge in [0.1, 0.15) is 5.82 Å². The molecular weight excluding hydrogens is 174 g/mol. The highest BCUT2D eigenvalue weighted by Crippen LogP contribution is 2.11. The molecule has 0 atom stereocenters. The third kappa shape index (κ3) is 2.98. The Morgan fingerprint density at radius 1 is 1.50 bits per heavy atom. The lowest BCUT2D eigenvalue weighted by Crippen LogP contribution is -2.04. The highest BCUT2D eigenvalue weighted by molar-refractivity contribution is 5.48. The summed E-state index contributed by atoms with van der Waals surface area (Å²) < 4.78 is 0. The van der Waals surface area contributed by atoms with Crippen LogP contribution in [-0.2, 0) is 0 Å². The Bertz CT molecular complexity index is 361. The molecule has 1 rings (SSSR count).